The summed E-state index contributed by atoms with van der Waals surface area (Å²) in [7, 11) is -2.89. The average Bonchev–Trinajstić information content (AvgIpc) is 2.06. The largest absolute Gasteiger partial charge is 0.303 e. The molecule has 0 saturated carbocycles. The van der Waals surface area contributed by atoms with Gasteiger partial charge in [0.2, 0.25) is 0 Å². The zero-order chi connectivity index (χ0) is 9.61. The van der Waals surface area contributed by atoms with Crippen molar-refractivity contribution in [3.8, 4) is 0 Å². The molecule has 0 bridgehead atoms. The molecular formula is C8H18NO2S. The zero-order valence-corrected chi connectivity index (χ0v) is 8.73. The highest BCUT2D eigenvalue weighted by Crippen LogP contribution is 1.92. The second kappa shape index (κ2) is 5.54. The molecule has 1 radical (unpaired) electrons. The third kappa shape index (κ3) is 4.72. The lowest BCUT2D eigenvalue weighted by atomic mass is 10.5. The van der Waals surface area contributed by atoms with E-state index in [-0.39, 0.29) is 11.5 Å². The van der Waals surface area contributed by atoms with Gasteiger partial charge in [0.25, 0.3) is 0 Å². The van der Waals surface area contributed by atoms with Crippen LogP contribution in [0.3, 0.4) is 0 Å². The fraction of sp³-hybridized carbons (Fsp3) is 0.875. The first kappa shape index (κ1) is 11.9. The van der Waals surface area contributed by atoms with Gasteiger partial charge in [0.1, 0.15) is 0 Å². The van der Waals surface area contributed by atoms with Gasteiger partial charge < -0.3 is 4.90 Å². The summed E-state index contributed by atoms with van der Waals surface area (Å²) < 4.78 is 22.1. The third-order valence-electron chi connectivity index (χ3n) is 1.92. The summed E-state index contributed by atoms with van der Waals surface area (Å²) in [5.41, 5.74) is 0. The molecule has 0 aromatic carbocycles. The summed E-state index contributed by atoms with van der Waals surface area (Å²) in [4.78, 5) is 2.09. The van der Waals surface area contributed by atoms with Crippen molar-refractivity contribution in [3.63, 3.8) is 0 Å². The van der Waals surface area contributed by atoms with Crippen LogP contribution in [0.1, 0.15) is 13.8 Å². The molecule has 0 aliphatic heterocycles. The van der Waals surface area contributed by atoms with Crippen molar-refractivity contribution in [2.45, 2.75) is 13.8 Å². The van der Waals surface area contributed by atoms with Gasteiger partial charge in [-0.3, -0.25) is 0 Å². The van der Waals surface area contributed by atoms with E-state index in [4.69, 9.17) is 0 Å². The standard InChI is InChI=1S/C8H18NO2S/c1-4-9(5-2)7-8-12(10,11)6-3/h3-8H2,1-2H3. The van der Waals surface area contributed by atoms with Crippen LogP contribution in [0.25, 0.3) is 0 Å². The van der Waals surface area contributed by atoms with Crippen LogP contribution >= 0.6 is 0 Å². The molecule has 0 unspecified atom stereocenters. The van der Waals surface area contributed by atoms with Crippen molar-refractivity contribution < 1.29 is 8.42 Å². The maximum Gasteiger partial charge on any atom is 0.151 e. The Hall–Kier alpha value is -0.0900. The van der Waals surface area contributed by atoms with Crippen LogP contribution in [0, 0.1) is 6.92 Å². The molecule has 0 spiro atoms. The van der Waals surface area contributed by atoms with Gasteiger partial charge in [0.05, 0.1) is 11.5 Å². The lowest BCUT2D eigenvalue weighted by Gasteiger charge is -2.17. The second-order valence-electron chi connectivity index (χ2n) is 2.68. The number of hydrogen-bond donors (Lipinski definition) is 0. The zero-order valence-electron chi connectivity index (χ0n) is 7.91. The fourth-order valence-electron chi connectivity index (χ4n) is 0.910. The van der Waals surface area contributed by atoms with Gasteiger partial charge >= 0.3 is 0 Å². The van der Waals surface area contributed by atoms with E-state index in [1.54, 1.807) is 0 Å². The lowest BCUT2D eigenvalue weighted by Crippen LogP contribution is -2.29. The number of rotatable bonds is 6. The summed E-state index contributed by atoms with van der Waals surface area (Å²) in [5, 5.41) is 0. The van der Waals surface area contributed by atoms with Gasteiger partial charge in [-0.05, 0) is 20.0 Å². The Morgan fingerprint density at radius 3 is 2.08 bits per heavy atom. The van der Waals surface area contributed by atoms with Crippen LogP contribution in [0.2, 0.25) is 0 Å². The molecule has 0 saturated heterocycles. The van der Waals surface area contributed by atoms with E-state index in [0.29, 0.717) is 6.54 Å². The van der Waals surface area contributed by atoms with Crippen LogP contribution in [0.15, 0.2) is 0 Å². The van der Waals surface area contributed by atoms with E-state index in [1.165, 1.54) is 0 Å². The summed E-state index contributed by atoms with van der Waals surface area (Å²) in [5.74, 6) is 0.243. The quantitative estimate of drug-likeness (QED) is 0.617. The fourth-order valence-corrected chi connectivity index (χ4v) is 1.65. The minimum atomic E-state index is -2.89. The summed E-state index contributed by atoms with van der Waals surface area (Å²) in [6.45, 7) is 9.88. The number of hydrogen-bond acceptors (Lipinski definition) is 3. The van der Waals surface area contributed by atoms with E-state index in [1.807, 2.05) is 13.8 Å². The molecule has 73 valence electrons. The van der Waals surface area contributed by atoms with Gasteiger partial charge in [0.15, 0.2) is 9.84 Å². The molecule has 0 rings (SSSR count). The molecule has 3 nitrogen and oxygen atoms in total. The highest BCUT2D eigenvalue weighted by atomic mass is 32.2. The minimum Gasteiger partial charge on any atom is -0.303 e. The van der Waals surface area contributed by atoms with Crippen molar-refractivity contribution >= 4 is 9.84 Å². The Morgan fingerprint density at radius 1 is 1.25 bits per heavy atom. The highest BCUT2D eigenvalue weighted by molar-refractivity contribution is 7.91. The van der Waals surface area contributed by atoms with E-state index < -0.39 is 9.84 Å². The Kier molecular flexibility index (Phi) is 5.50. The molecule has 12 heavy (non-hydrogen) atoms. The van der Waals surface area contributed by atoms with Crippen molar-refractivity contribution in [2.75, 3.05) is 31.1 Å². The van der Waals surface area contributed by atoms with Crippen LogP contribution in [0.4, 0.5) is 0 Å². The lowest BCUT2D eigenvalue weighted by molar-refractivity contribution is 0.322. The number of nitrogens with zero attached hydrogens (tertiary/aromatic N) is 1. The molecule has 0 heterocycles. The smallest absolute Gasteiger partial charge is 0.151 e. The highest BCUT2D eigenvalue weighted by Gasteiger charge is 2.08. The van der Waals surface area contributed by atoms with E-state index >= 15 is 0 Å². The van der Waals surface area contributed by atoms with Crippen LogP contribution in [-0.4, -0.2) is 44.5 Å². The van der Waals surface area contributed by atoms with Gasteiger partial charge in [-0.1, -0.05) is 13.8 Å². The molecule has 0 aliphatic carbocycles. The Labute approximate surface area is 75.7 Å². The summed E-state index contributed by atoms with van der Waals surface area (Å²) in [6, 6.07) is 0. The predicted molar refractivity (Wildman–Crippen MR) is 51.8 cm³/mol. The summed E-state index contributed by atoms with van der Waals surface area (Å²) >= 11 is 0. The van der Waals surface area contributed by atoms with Gasteiger partial charge in [0, 0.05) is 6.54 Å². The van der Waals surface area contributed by atoms with Crippen LogP contribution < -0.4 is 0 Å². The van der Waals surface area contributed by atoms with Crippen molar-refractivity contribution in [2.24, 2.45) is 0 Å². The van der Waals surface area contributed by atoms with Crippen molar-refractivity contribution in [1.29, 1.82) is 0 Å². The Balaban J connectivity index is 3.81. The van der Waals surface area contributed by atoms with Gasteiger partial charge in [-0.2, -0.15) is 0 Å². The SMILES string of the molecule is [CH2]CS(=O)(=O)CCN(CC)CC. The van der Waals surface area contributed by atoms with E-state index in [9.17, 15) is 8.42 Å². The van der Waals surface area contributed by atoms with Crippen LogP contribution in [-0.2, 0) is 9.84 Å². The second-order valence-corrected chi connectivity index (χ2v) is 4.98. The Bertz CT molecular complexity index is 195. The topological polar surface area (TPSA) is 37.4 Å². The predicted octanol–water partition coefficient (Wildman–Crippen LogP) is 0.577. The maximum absolute atomic E-state index is 11.0. The molecule has 4 heteroatoms. The van der Waals surface area contributed by atoms with E-state index in [0.717, 1.165) is 13.1 Å². The molecule has 0 N–H and O–H groups in total. The normalized spacial score (nSPS) is 12.3. The molecule has 0 amide bonds. The molecule has 0 atom stereocenters. The first-order chi connectivity index (χ1) is 5.55. The molecule has 0 aromatic rings. The molecule has 0 aliphatic rings. The third-order valence-corrected chi connectivity index (χ3v) is 3.35. The van der Waals surface area contributed by atoms with Crippen molar-refractivity contribution in [3.05, 3.63) is 6.92 Å². The van der Waals surface area contributed by atoms with E-state index in [2.05, 4.69) is 11.8 Å². The average molecular weight is 192 g/mol. The van der Waals surface area contributed by atoms with Gasteiger partial charge in [-0.15, -0.1) is 0 Å². The van der Waals surface area contributed by atoms with Crippen LogP contribution in [0.5, 0.6) is 0 Å². The minimum absolute atomic E-state index is 0.00820. The van der Waals surface area contributed by atoms with Gasteiger partial charge in [-0.25, -0.2) is 8.42 Å². The first-order valence-electron chi connectivity index (χ1n) is 4.27. The first-order valence-corrected chi connectivity index (χ1v) is 6.09. The summed E-state index contributed by atoms with van der Waals surface area (Å²) in [6.07, 6.45) is 0. The molecular weight excluding hydrogens is 174 g/mol. The molecule has 0 aromatic heterocycles. The number of sulfone groups is 1. The van der Waals surface area contributed by atoms with Crippen molar-refractivity contribution in [1.82, 2.24) is 4.90 Å². The monoisotopic (exact) mass is 192 g/mol. The molecule has 0 fully saturated rings. The maximum atomic E-state index is 11.0. The Morgan fingerprint density at radius 2 is 1.75 bits per heavy atom.